The summed E-state index contributed by atoms with van der Waals surface area (Å²) in [6.45, 7) is 3.51. The molecule has 0 heterocycles. The van der Waals surface area contributed by atoms with Crippen molar-refractivity contribution in [3.05, 3.63) is 34.4 Å². The third-order valence-corrected chi connectivity index (χ3v) is 4.83. The quantitative estimate of drug-likeness (QED) is 0.399. The smallest absolute Gasteiger partial charge is 0.409 e. The summed E-state index contributed by atoms with van der Waals surface area (Å²) >= 11 is 6.26. The number of aliphatic hydroxyl groups is 1. The number of halogens is 1. The number of rotatable bonds is 10. The summed E-state index contributed by atoms with van der Waals surface area (Å²) in [5.74, 6) is 0.626. The normalized spacial score (nSPS) is 14.8. The van der Waals surface area contributed by atoms with E-state index in [4.69, 9.17) is 21.1 Å². The largest absolute Gasteiger partial charge is 0.495 e. The van der Waals surface area contributed by atoms with Crippen LogP contribution < -0.4 is 15.4 Å². The Morgan fingerprint density at radius 3 is 2.57 bits per heavy atom. The van der Waals surface area contributed by atoms with Crippen LogP contribution in [-0.2, 0) is 15.9 Å². The number of methoxy groups -OCH3 is 3. The number of carbonyl (C=O) groups is 1. The third-order valence-electron chi connectivity index (χ3n) is 4.44. The monoisotopic (exact) mass is 414 g/mol. The van der Waals surface area contributed by atoms with Crippen molar-refractivity contribution in [1.29, 1.82) is 0 Å². The summed E-state index contributed by atoms with van der Waals surface area (Å²) in [5.41, 5.74) is 1.51. The van der Waals surface area contributed by atoms with E-state index in [1.165, 1.54) is 21.1 Å². The first-order chi connectivity index (χ1) is 13.2. The third kappa shape index (κ3) is 6.89. The SMILES string of the molecule is CNc1cc(C/C(C)=C/CC[C@@H](OC)C(C)(O)NC(=O)OC)cc(OC)c1Cl. The second-order valence-corrected chi connectivity index (χ2v) is 7.08. The van der Waals surface area contributed by atoms with Crippen LogP contribution >= 0.6 is 11.6 Å². The molecule has 1 unspecified atom stereocenters. The molecule has 0 aliphatic carbocycles. The Hall–Kier alpha value is -1.96. The number of alkyl carbamates (subject to hydrolysis) is 1. The van der Waals surface area contributed by atoms with E-state index in [0.717, 1.165) is 23.2 Å². The Morgan fingerprint density at radius 2 is 2.04 bits per heavy atom. The van der Waals surface area contributed by atoms with Gasteiger partial charge in [-0.2, -0.15) is 0 Å². The van der Waals surface area contributed by atoms with Crippen LogP contribution in [0.2, 0.25) is 5.02 Å². The molecular weight excluding hydrogens is 384 g/mol. The molecule has 0 aliphatic heterocycles. The van der Waals surface area contributed by atoms with E-state index >= 15 is 0 Å². The Balaban J connectivity index is 2.76. The zero-order valence-electron chi connectivity index (χ0n) is 17.4. The standard InChI is InChI=1S/C20H31ClN2O5/c1-13(10-14-11-15(22-3)18(21)16(12-14)26-4)8-7-9-17(27-5)20(2,25)23-19(24)28-6/h8,11-12,17,22,25H,7,9-10H2,1-6H3,(H,23,24)/b13-8+/t17-,20?/m1/s1. The lowest BCUT2D eigenvalue weighted by molar-refractivity contribution is -0.100. The molecule has 1 aromatic carbocycles. The lowest BCUT2D eigenvalue weighted by Crippen LogP contribution is -2.55. The molecule has 0 aliphatic rings. The van der Waals surface area contributed by atoms with Gasteiger partial charge in [0.05, 0.1) is 19.9 Å². The molecule has 0 aromatic heterocycles. The van der Waals surface area contributed by atoms with Crippen molar-refractivity contribution in [2.75, 3.05) is 33.7 Å². The predicted molar refractivity (Wildman–Crippen MR) is 111 cm³/mol. The van der Waals surface area contributed by atoms with Crippen molar-refractivity contribution in [2.45, 2.75) is 44.9 Å². The van der Waals surface area contributed by atoms with Gasteiger partial charge in [-0.05, 0) is 50.8 Å². The van der Waals surface area contributed by atoms with Crippen LogP contribution in [0.15, 0.2) is 23.8 Å². The van der Waals surface area contributed by atoms with Gasteiger partial charge in [0.15, 0.2) is 5.72 Å². The van der Waals surface area contributed by atoms with E-state index in [9.17, 15) is 9.90 Å². The summed E-state index contributed by atoms with van der Waals surface area (Å²) in [6.07, 6.45) is 2.72. The van der Waals surface area contributed by atoms with Crippen LogP contribution in [0.5, 0.6) is 5.75 Å². The number of hydrogen-bond donors (Lipinski definition) is 3. The first kappa shape index (κ1) is 24.1. The lowest BCUT2D eigenvalue weighted by Gasteiger charge is -2.31. The van der Waals surface area contributed by atoms with Gasteiger partial charge in [-0.1, -0.05) is 23.3 Å². The Labute approximate surface area is 172 Å². The van der Waals surface area contributed by atoms with Crippen LogP contribution in [0.3, 0.4) is 0 Å². The minimum absolute atomic E-state index is 0.524. The molecule has 0 saturated heterocycles. The maximum atomic E-state index is 11.4. The summed E-state index contributed by atoms with van der Waals surface area (Å²) in [4.78, 5) is 11.4. The molecule has 3 N–H and O–H groups in total. The first-order valence-corrected chi connectivity index (χ1v) is 9.37. The van der Waals surface area contributed by atoms with Gasteiger partial charge in [-0.15, -0.1) is 0 Å². The van der Waals surface area contributed by atoms with Crippen LogP contribution in [0.1, 0.15) is 32.3 Å². The molecular formula is C20H31ClN2O5. The summed E-state index contributed by atoms with van der Waals surface area (Å²) < 4.78 is 15.2. The Morgan fingerprint density at radius 1 is 1.36 bits per heavy atom. The van der Waals surface area contributed by atoms with Crippen LogP contribution in [-0.4, -0.2) is 51.4 Å². The van der Waals surface area contributed by atoms with E-state index < -0.39 is 17.9 Å². The maximum Gasteiger partial charge on any atom is 0.409 e. The van der Waals surface area contributed by atoms with Crippen molar-refractivity contribution >= 4 is 23.4 Å². The van der Waals surface area contributed by atoms with E-state index in [2.05, 4.69) is 21.4 Å². The molecule has 28 heavy (non-hydrogen) atoms. The van der Waals surface area contributed by atoms with Crippen LogP contribution in [0.25, 0.3) is 0 Å². The number of carbonyl (C=O) groups excluding carboxylic acids is 1. The number of nitrogens with one attached hydrogen (secondary N) is 2. The number of allylic oxidation sites excluding steroid dienone is 2. The second kappa shape index (κ2) is 11.1. The highest BCUT2D eigenvalue weighted by molar-refractivity contribution is 6.34. The molecule has 0 fully saturated rings. The predicted octanol–water partition coefficient (Wildman–Crippen LogP) is 3.74. The van der Waals surface area contributed by atoms with Gasteiger partial charge >= 0.3 is 6.09 Å². The summed E-state index contributed by atoms with van der Waals surface area (Å²) in [5, 5.41) is 16.4. The highest BCUT2D eigenvalue weighted by Crippen LogP contribution is 2.34. The lowest BCUT2D eigenvalue weighted by atomic mass is 10.0. The Bertz CT molecular complexity index is 666. The van der Waals surface area contributed by atoms with E-state index in [1.54, 1.807) is 7.11 Å². The number of benzene rings is 1. The van der Waals surface area contributed by atoms with Gasteiger partial charge in [0.25, 0.3) is 0 Å². The molecule has 7 nitrogen and oxygen atoms in total. The molecule has 2 atom stereocenters. The average Bonchev–Trinajstić information content (AvgIpc) is 2.65. The van der Waals surface area contributed by atoms with Crippen molar-refractivity contribution in [1.82, 2.24) is 5.32 Å². The van der Waals surface area contributed by atoms with Crippen LogP contribution in [0.4, 0.5) is 10.5 Å². The number of amides is 1. The molecule has 1 rings (SSSR count). The zero-order chi connectivity index (χ0) is 21.3. The fourth-order valence-electron chi connectivity index (χ4n) is 2.93. The van der Waals surface area contributed by atoms with Crippen molar-refractivity contribution in [3.8, 4) is 5.75 Å². The van der Waals surface area contributed by atoms with Gasteiger partial charge < -0.3 is 24.6 Å². The fourth-order valence-corrected chi connectivity index (χ4v) is 3.21. The highest BCUT2D eigenvalue weighted by Gasteiger charge is 2.33. The van der Waals surface area contributed by atoms with Gasteiger partial charge in [0.1, 0.15) is 16.9 Å². The van der Waals surface area contributed by atoms with Gasteiger partial charge in [-0.3, -0.25) is 5.32 Å². The van der Waals surface area contributed by atoms with E-state index in [0.29, 0.717) is 23.6 Å². The Kier molecular flexibility index (Phi) is 9.58. The zero-order valence-corrected chi connectivity index (χ0v) is 18.1. The van der Waals surface area contributed by atoms with Crippen LogP contribution in [0, 0.1) is 0 Å². The van der Waals surface area contributed by atoms with E-state index in [1.807, 2.05) is 26.1 Å². The molecule has 1 amide bonds. The minimum atomic E-state index is -1.53. The minimum Gasteiger partial charge on any atom is -0.495 e. The number of anilines is 1. The van der Waals surface area contributed by atoms with Crippen molar-refractivity contribution in [2.24, 2.45) is 0 Å². The first-order valence-electron chi connectivity index (χ1n) is 8.99. The number of ether oxygens (including phenoxy) is 3. The summed E-state index contributed by atoms with van der Waals surface area (Å²) in [6, 6.07) is 3.91. The van der Waals surface area contributed by atoms with Gasteiger partial charge in [-0.25, -0.2) is 4.79 Å². The topological polar surface area (TPSA) is 89.1 Å². The maximum absolute atomic E-state index is 11.4. The average molecular weight is 415 g/mol. The molecule has 8 heteroatoms. The van der Waals surface area contributed by atoms with Crippen molar-refractivity contribution < 1.29 is 24.1 Å². The molecule has 1 aromatic rings. The van der Waals surface area contributed by atoms with Gasteiger partial charge in [0.2, 0.25) is 0 Å². The second-order valence-electron chi connectivity index (χ2n) is 6.70. The fraction of sp³-hybridized carbons (Fsp3) is 0.550. The molecule has 0 saturated carbocycles. The van der Waals surface area contributed by atoms with Gasteiger partial charge in [0, 0.05) is 14.2 Å². The highest BCUT2D eigenvalue weighted by atomic mass is 35.5. The molecule has 158 valence electrons. The summed E-state index contributed by atoms with van der Waals surface area (Å²) in [7, 11) is 6.14. The van der Waals surface area contributed by atoms with Crippen molar-refractivity contribution in [3.63, 3.8) is 0 Å². The number of hydrogen-bond acceptors (Lipinski definition) is 6. The molecule has 0 radical (unpaired) electrons. The van der Waals surface area contributed by atoms with E-state index in [-0.39, 0.29) is 0 Å². The molecule has 0 bridgehead atoms. The molecule has 0 spiro atoms.